The van der Waals surface area contributed by atoms with Crippen molar-refractivity contribution in [3.05, 3.63) is 23.8 Å². The van der Waals surface area contributed by atoms with Gasteiger partial charge in [0.25, 0.3) is 0 Å². The molecule has 0 spiro atoms. The van der Waals surface area contributed by atoms with Gasteiger partial charge in [0.15, 0.2) is 11.5 Å². The van der Waals surface area contributed by atoms with Crippen molar-refractivity contribution in [2.75, 3.05) is 6.61 Å². The van der Waals surface area contributed by atoms with Crippen molar-refractivity contribution in [2.24, 2.45) is 5.73 Å². The van der Waals surface area contributed by atoms with Crippen LogP contribution in [0, 0.1) is 0 Å². The zero-order valence-corrected chi connectivity index (χ0v) is 9.95. The Morgan fingerprint density at radius 1 is 1.35 bits per heavy atom. The Kier molecular flexibility index (Phi) is 5.15. The number of alkyl halides is 2. The van der Waals surface area contributed by atoms with Gasteiger partial charge in [0.2, 0.25) is 0 Å². The third kappa shape index (κ3) is 4.19. The van der Waals surface area contributed by atoms with E-state index in [0.29, 0.717) is 24.3 Å². The smallest absolute Gasteiger partial charge is 0.387 e. The first-order chi connectivity index (χ1) is 8.04. The van der Waals surface area contributed by atoms with E-state index < -0.39 is 6.61 Å². The fourth-order valence-electron chi connectivity index (χ4n) is 1.56. The Hall–Kier alpha value is -1.36. The minimum Gasteiger partial charge on any atom is -0.490 e. The average Bonchev–Trinajstić information content (AvgIpc) is 2.21. The minimum atomic E-state index is -2.87. The summed E-state index contributed by atoms with van der Waals surface area (Å²) < 4.78 is 34.5. The van der Waals surface area contributed by atoms with Crippen LogP contribution >= 0.6 is 0 Å². The number of nitrogens with two attached hydrogens (primary N) is 1. The Morgan fingerprint density at radius 2 is 2.06 bits per heavy atom. The molecule has 0 radical (unpaired) electrons. The largest absolute Gasteiger partial charge is 0.490 e. The van der Waals surface area contributed by atoms with Crippen molar-refractivity contribution in [3.63, 3.8) is 0 Å². The number of benzene rings is 1. The molecule has 2 N–H and O–H groups in total. The lowest BCUT2D eigenvalue weighted by atomic mass is 10.1. The second-order valence-corrected chi connectivity index (χ2v) is 3.74. The summed E-state index contributed by atoms with van der Waals surface area (Å²) in [7, 11) is 0. The lowest BCUT2D eigenvalue weighted by Gasteiger charge is -2.16. The molecule has 0 saturated heterocycles. The van der Waals surface area contributed by atoms with E-state index in [2.05, 4.69) is 4.74 Å². The quantitative estimate of drug-likeness (QED) is 0.837. The highest BCUT2D eigenvalue weighted by atomic mass is 19.3. The molecule has 0 heterocycles. The van der Waals surface area contributed by atoms with Gasteiger partial charge in [-0.2, -0.15) is 8.78 Å². The van der Waals surface area contributed by atoms with Gasteiger partial charge < -0.3 is 15.2 Å². The van der Waals surface area contributed by atoms with Crippen LogP contribution < -0.4 is 15.2 Å². The van der Waals surface area contributed by atoms with E-state index in [9.17, 15) is 8.78 Å². The first-order valence-electron chi connectivity index (χ1n) is 5.49. The highest BCUT2D eigenvalue weighted by Gasteiger charge is 2.16. The van der Waals surface area contributed by atoms with E-state index in [0.717, 1.165) is 0 Å². The molecule has 3 nitrogen and oxygen atoms in total. The predicted molar refractivity (Wildman–Crippen MR) is 61.6 cm³/mol. The van der Waals surface area contributed by atoms with Gasteiger partial charge >= 0.3 is 6.61 Å². The van der Waals surface area contributed by atoms with Crippen molar-refractivity contribution in [1.29, 1.82) is 0 Å². The van der Waals surface area contributed by atoms with E-state index in [4.69, 9.17) is 10.5 Å². The van der Waals surface area contributed by atoms with Crippen LogP contribution in [0.4, 0.5) is 8.78 Å². The average molecular weight is 245 g/mol. The maximum Gasteiger partial charge on any atom is 0.387 e. The maximum atomic E-state index is 12.3. The summed E-state index contributed by atoms with van der Waals surface area (Å²) >= 11 is 0. The summed E-state index contributed by atoms with van der Waals surface area (Å²) in [6.07, 6.45) is 0.461. The molecular weight excluding hydrogens is 228 g/mol. The van der Waals surface area contributed by atoms with Crippen LogP contribution in [0.1, 0.15) is 19.4 Å². The van der Waals surface area contributed by atoms with E-state index in [1.807, 2.05) is 0 Å². The molecule has 0 amide bonds. The molecule has 1 atom stereocenters. The number of halogens is 2. The first kappa shape index (κ1) is 13.7. The Balaban J connectivity index is 3.04. The standard InChI is InChI=1S/C12H17F2NO2/c1-3-16-10-6-4-5-9(7-8(2)15)11(10)17-12(13)14/h4-6,8,12H,3,7,15H2,1-2H3. The van der Waals surface area contributed by atoms with Gasteiger partial charge in [-0.15, -0.1) is 0 Å². The van der Waals surface area contributed by atoms with Crippen LogP contribution in [0.15, 0.2) is 18.2 Å². The third-order valence-electron chi connectivity index (χ3n) is 2.11. The molecule has 1 aromatic carbocycles. The maximum absolute atomic E-state index is 12.3. The molecule has 0 fully saturated rings. The highest BCUT2D eigenvalue weighted by molar-refractivity contribution is 5.47. The van der Waals surface area contributed by atoms with Crippen molar-refractivity contribution in [1.82, 2.24) is 0 Å². The van der Waals surface area contributed by atoms with Gasteiger partial charge in [0.05, 0.1) is 6.61 Å². The molecule has 1 unspecified atom stereocenters. The molecule has 0 saturated carbocycles. The molecule has 1 rings (SSSR count). The van der Waals surface area contributed by atoms with Crippen LogP contribution in [-0.4, -0.2) is 19.3 Å². The summed E-state index contributed by atoms with van der Waals surface area (Å²) in [5, 5.41) is 0. The summed E-state index contributed by atoms with van der Waals surface area (Å²) in [4.78, 5) is 0. The molecule has 0 aliphatic rings. The molecule has 0 aliphatic carbocycles. The predicted octanol–water partition coefficient (Wildman–Crippen LogP) is 2.58. The van der Waals surface area contributed by atoms with Gasteiger partial charge in [-0.1, -0.05) is 12.1 Å². The van der Waals surface area contributed by atoms with E-state index in [-0.39, 0.29) is 11.8 Å². The zero-order chi connectivity index (χ0) is 12.8. The number of hydrogen-bond acceptors (Lipinski definition) is 3. The van der Waals surface area contributed by atoms with Crippen LogP contribution in [0.25, 0.3) is 0 Å². The monoisotopic (exact) mass is 245 g/mol. The van der Waals surface area contributed by atoms with Crippen molar-refractivity contribution >= 4 is 0 Å². The van der Waals surface area contributed by atoms with E-state index >= 15 is 0 Å². The molecule has 1 aromatic rings. The van der Waals surface area contributed by atoms with Gasteiger partial charge in [-0.25, -0.2) is 0 Å². The lowest BCUT2D eigenvalue weighted by Crippen LogP contribution is -2.19. The molecule has 17 heavy (non-hydrogen) atoms. The lowest BCUT2D eigenvalue weighted by molar-refractivity contribution is -0.0521. The normalized spacial score (nSPS) is 12.6. The fraction of sp³-hybridized carbons (Fsp3) is 0.500. The Morgan fingerprint density at radius 3 is 2.59 bits per heavy atom. The zero-order valence-electron chi connectivity index (χ0n) is 9.95. The van der Waals surface area contributed by atoms with Crippen LogP contribution in [0.5, 0.6) is 11.5 Å². The topological polar surface area (TPSA) is 44.5 Å². The first-order valence-corrected chi connectivity index (χ1v) is 5.49. The van der Waals surface area contributed by atoms with Crippen LogP contribution in [0.2, 0.25) is 0 Å². The Labute approximate surface area is 99.5 Å². The van der Waals surface area contributed by atoms with Crippen molar-refractivity contribution in [3.8, 4) is 11.5 Å². The number of ether oxygens (including phenoxy) is 2. The van der Waals surface area contributed by atoms with Gasteiger partial charge in [0, 0.05) is 6.04 Å². The summed E-state index contributed by atoms with van der Waals surface area (Å²) in [6.45, 7) is 1.11. The van der Waals surface area contributed by atoms with Crippen molar-refractivity contribution < 1.29 is 18.3 Å². The van der Waals surface area contributed by atoms with E-state index in [1.165, 1.54) is 0 Å². The number of rotatable bonds is 6. The third-order valence-corrected chi connectivity index (χ3v) is 2.11. The SMILES string of the molecule is CCOc1cccc(CC(C)N)c1OC(F)F. The second kappa shape index (κ2) is 6.39. The number of para-hydroxylation sites is 1. The highest BCUT2D eigenvalue weighted by Crippen LogP contribution is 2.33. The minimum absolute atomic E-state index is 0.0849. The van der Waals surface area contributed by atoms with Crippen LogP contribution in [0.3, 0.4) is 0 Å². The molecule has 0 bridgehead atoms. The summed E-state index contributed by atoms with van der Waals surface area (Å²) in [5.74, 6) is 0.410. The van der Waals surface area contributed by atoms with Crippen molar-refractivity contribution in [2.45, 2.75) is 32.9 Å². The van der Waals surface area contributed by atoms with Gasteiger partial charge in [-0.05, 0) is 31.9 Å². The fourth-order valence-corrected chi connectivity index (χ4v) is 1.56. The molecule has 96 valence electrons. The van der Waals surface area contributed by atoms with Crippen LogP contribution in [-0.2, 0) is 6.42 Å². The van der Waals surface area contributed by atoms with Gasteiger partial charge in [-0.3, -0.25) is 0 Å². The molecular formula is C12H17F2NO2. The second-order valence-electron chi connectivity index (χ2n) is 3.74. The molecule has 0 aliphatic heterocycles. The summed E-state index contributed by atoms with van der Waals surface area (Å²) in [5.41, 5.74) is 6.30. The molecule has 5 heteroatoms. The molecule has 0 aromatic heterocycles. The van der Waals surface area contributed by atoms with Gasteiger partial charge in [0.1, 0.15) is 0 Å². The number of hydrogen-bond donors (Lipinski definition) is 1. The Bertz CT molecular complexity index is 356. The summed E-state index contributed by atoms with van der Waals surface area (Å²) in [6, 6.07) is 4.92. The van der Waals surface area contributed by atoms with E-state index in [1.54, 1.807) is 32.0 Å².